The third kappa shape index (κ3) is 4.35. The van der Waals surface area contributed by atoms with Crippen LogP contribution in [0.5, 0.6) is 0 Å². The Morgan fingerprint density at radius 3 is 2.50 bits per heavy atom. The van der Waals surface area contributed by atoms with Crippen LogP contribution in [0.1, 0.15) is 18.7 Å². The molecule has 0 aliphatic carbocycles. The maximum Gasteiger partial charge on any atom is 0.136 e. The van der Waals surface area contributed by atoms with Crippen LogP contribution in [0.4, 0.5) is 23.0 Å². The quantitative estimate of drug-likeness (QED) is 0.762. The van der Waals surface area contributed by atoms with Crippen LogP contribution in [0.3, 0.4) is 0 Å². The van der Waals surface area contributed by atoms with Crippen molar-refractivity contribution in [3.8, 4) is 0 Å². The van der Waals surface area contributed by atoms with E-state index in [4.69, 9.17) is 4.74 Å². The molecule has 2 aromatic rings. The van der Waals surface area contributed by atoms with Crippen molar-refractivity contribution in [3.05, 3.63) is 36.2 Å². The zero-order valence-corrected chi connectivity index (χ0v) is 14.4. The van der Waals surface area contributed by atoms with E-state index >= 15 is 0 Å². The van der Waals surface area contributed by atoms with Crippen LogP contribution in [0.2, 0.25) is 0 Å². The molecule has 0 bridgehead atoms. The van der Waals surface area contributed by atoms with Crippen molar-refractivity contribution in [3.63, 3.8) is 0 Å². The minimum Gasteiger partial charge on any atom is -0.383 e. The molecule has 1 fully saturated rings. The molecule has 1 aromatic carbocycles. The summed E-state index contributed by atoms with van der Waals surface area (Å²) in [6, 6.07) is 10.4. The fraction of sp³-hybridized carbons (Fsp3) is 0.444. The largest absolute Gasteiger partial charge is 0.383 e. The summed E-state index contributed by atoms with van der Waals surface area (Å²) in [4.78, 5) is 11.3. The molecule has 0 unspecified atom stereocenters. The van der Waals surface area contributed by atoms with Crippen molar-refractivity contribution in [2.45, 2.75) is 19.8 Å². The molecular weight excluding hydrogens is 302 g/mol. The number of aromatic nitrogens is 2. The first-order valence-corrected chi connectivity index (χ1v) is 8.45. The average molecular weight is 327 g/mol. The molecule has 128 valence electrons. The smallest absolute Gasteiger partial charge is 0.136 e. The molecule has 2 N–H and O–H groups in total. The van der Waals surface area contributed by atoms with Crippen molar-refractivity contribution in [2.75, 3.05) is 48.9 Å². The summed E-state index contributed by atoms with van der Waals surface area (Å²) in [5.41, 5.74) is 2.32. The Kier molecular flexibility index (Phi) is 5.48. The first-order chi connectivity index (χ1) is 11.7. The fourth-order valence-electron chi connectivity index (χ4n) is 2.88. The van der Waals surface area contributed by atoms with Crippen LogP contribution in [-0.2, 0) is 4.74 Å². The summed E-state index contributed by atoms with van der Waals surface area (Å²) in [5, 5.41) is 6.59. The van der Waals surface area contributed by atoms with E-state index in [1.54, 1.807) is 7.11 Å². The highest BCUT2D eigenvalue weighted by atomic mass is 16.5. The highest BCUT2D eigenvalue weighted by Gasteiger charge is 2.11. The molecule has 3 rings (SSSR count). The molecule has 0 amide bonds. The van der Waals surface area contributed by atoms with Gasteiger partial charge in [-0.3, -0.25) is 0 Å². The summed E-state index contributed by atoms with van der Waals surface area (Å²) in [7, 11) is 1.69. The number of nitrogens with zero attached hydrogens (tertiary/aromatic N) is 3. The van der Waals surface area contributed by atoms with E-state index in [-0.39, 0.29) is 0 Å². The Labute approximate surface area is 143 Å². The lowest BCUT2D eigenvalue weighted by Crippen LogP contribution is -2.17. The number of nitrogens with one attached hydrogen (secondary N) is 2. The van der Waals surface area contributed by atoms with Gasteiger partial charge >= 0.3 is 0 Å². The SMILES string of the molecule is COCCNc1cc(Nc2ccc(N3CCCC3)cc2)nc(C)n1. The van der Waals surface area contributed by atoms with Crippen molar-refractivity contribution < 1.29 is 4.74 Å². The zero-order chi connectivity index (χ0) is 16.8. The first kappa shape index (κ1) is 16.5. The second kappa shape index (κ2) is 7.97. The van der Waals surface area contributed by atoms with Crippen LogP contribution in [-0.4, -0.2) is 43.3 Å². The average Bonchev–Trinajstić information content (AvgIpc) is 3.10. The molecular formula is C18H25N5O. The van der Waals surface area contributed by atoms with Crippen molar-refractivity contribution >= 4 is 23.0 Å². The molecule has 1 aromatic heterocycles. The highest BCUT2D eigenvalue weighted by Crippen LogP contribution is 2.24. The van der Waals surface area contributed by atoms with Crippen LogP contribution in [0.15, 0.2) is 30.3 Å². The van der Waals surface area contributed by atoms with Crippen molar-refractivity contribution in [1.29, 1.82) is 0 Å². The van der Waals surface area contributed by atoms with Crippen LogP contribution in [0.25, 0.3) is 0 Å². The van der Waals surface area contributed by atoms with E-state index < -0.39 is 0 Å². The summed E-state index contributed by atoms with van der Waals surface area (Å²) >= 11 is 0. The van der Waals surface area contributed by atoms with E-state index in [1.165, 1.54) is 18.5 Å². The lowest BCUT2D eigenvalue weighted by molar-refractivity contribution is 0.210. The molecule has 6 nitrogen and oxygen atoms in total. The second-order valence-corrected chi connectivity index (χ2v) is 5.97. The van der Waals surface area contributed by atoms with Crippen molar-refractivity contribution in [2.24, 2.45) is 0 Å². The number of benzene rings is 1. The van der Waals surface area contributed by atoms with E-state index in [0.717, 1.165) is 42.8 Å². The lowest BCUT2D eigenvalue weighted by atomic mass is 10.2. The first-order valence-electron chi connectivity index (χ1n) is 8.45. The van der Waals surface area contributed by atoms with Gasteiger partial charge in [0, 0.05) is 44.2 Å². The summed E-state index contributed by atoms with van der Waals surface area (Å²) < 4.78 is 5.05. The maximum absolute atomic E-state index is 5.05. The van der Waals surface area contributed by atoms with Crippen LogP contribution < -0.4 is 15.5 Å². The Morgan fingerprint density at radius 1 is 1.08 bits per heavy atom. The molecule has 2 heterocycles. The zero-order valence-electron chi connectivity index (χ0n) is 14.4. The van der Waals surface area contributed by atoms with Crippen LogP contribution in [0, 0.1) is 6.92 Å². The van der Waals surface area contributed by atoms with E-state index in [0.29, 0.717) is 6.61 Å². The van der Waals surface area contributed by atoms with Gasteiger partial charge in [0.15, 0.2) is 0 Å². The predicted molar refractivity (Wildman–Crippen MR) is 98.3 cm³/mol. The third-order valence-corrected chi connectivity index (χ3v) is 4.06. The number of hydrogen-bond donors (Lipinski definition) is 2. The number of rotatable bonds is 7. The predicted octanol–water partition coefficient (Wildman–Crippen LogP) is 3.19. The lowest BCUT2D eigenvalue weighted by Gasteiger charge is -2.18. The Hall–Kier alpha value is -2.34. The highest BCUT2D eigenvalue weighted by molar-refractivity contribution is 5.62. The standard InChI is InChI=1S/C18H25N5O/c1-14-20-17(19-9-12-24-2)13-18(21-14)22-15-5-7-16(8-6-15)23-10-3-4-11-23/h5-8,13H,3-4,9-12H2,1-2H3,(H2,19,20,21,22). The fourth-order valence-corrected chi connectivity index (χ4v) is 2.88. The van der Waals surface area contributed by atoms with Crippen LogP contribution >= 0.6 is 0 Å². The van der Waals surface area contributed by atoms with Gasteiger partial charge in [-0.1, -0.05) is 0 Å². The van der Waals surface area contributed by atoms with Gasteiger partial charge in [-0.05, 0) is 44.0 Å². The third-order valence-electron chi connectivity index (χ3n) is 4.06. The van der Waals surface area contributed by atoms with Gasteiger partial charge in [0.1, 0.15) is 17.5 Å². The van der Waals surface area contributed by atoms with E-state index in [9.17, 15) is 0 Å². The molecule has 24 heavy (non-hydrogen) atoms. The molecule has 0 saturated carbocycles. The number of hydrogen-bond acceptors (Lipinski definition) is 6. The van der Waals surface area contributed by atoms with Gasteiger partial charge in [0.05, 0.1) is 6.61 Å². The van der Waals surface area contributed by atoms with E-state index in [2.05, 4.69) is 49.8 Å². The summed E-state index contributed by atoms with van der Waals surface area (Å²) in [6.07, 6.45) is 2.58. The minimum absolute atomic E-state index is 0.643. The Balaban J connectivity index is 1.66. The normalized spacial score (nSPS) is 14.0. The monoisotopic (exact) mass is 327 g/mol. The van der Waals surface area contributed by atoms with E-state index in [1.807, 2.05) is 13.0 Å². The topological polar surface area (TPSA) is 62.3 Å². The molecule has 1 aliphatic heterocycles. The molecule has 0 atom stereocenters. The summed E-state index contributed by atoms with van der Waals surface area (Å²) in [5.74, 6) is 2.32. The number of ether oxygens (including phenoxy) is 1. The molecule has 0 spiro atoms. The van der Waals surface area contributed by atoms with Gasteiger partial charge in [0.2, 0.25) is 0 Å². The number of methoxy groups -OCH3 is 1. The molecule has 1 aliphatic rings. The van der Waals surface area contributed by atoms with Gasteiger partial charge in [-0.2, -0.15) is 0 Å². The van der Waals surface area contributed by atoms with Gasteiger partial charge in [-0.25, -0.2) is 9.97 Å². The van der Waals surface area contributed by atoms with Gasteiger partial charge in [0.25, 0.3) is 0 Å². The second-order valence-electron chi connectivity index (χ2n) is 5.97. The maximum atomic E-state index is 5.05. The molecule has 0 radical (unpaired) electrons. The molecule has 6 heteroatoms. The number of anilines is 4. The minimum atomic E-state index is 0.643. The van der Waals surface area contributed by atoms with Gasteiger partial charge in [-0.15, -0.1) is 0 Å². The molecule has 1 saturated heterocycles. The van der Waals surface area contributed by atoms with Gasteiger partial charge < -0.3 is 20.3 Å². The number of aryl methyl sites for hydroxylation is 1. The van der Waals surface area contributed by atoms with Crippen molar-refractivity contribution in [1.82, 2.24) is 9.97 Å². The Morgan fingerprint density at radius 2 is 1.79 bits per heavy atom. The summed E-state index contributed by atoms with van der Waals surface area (Å²) in [6.45, 7) is 5.58. The Bertz CT molecular complexity index is 653.